The lowest BCUT2D eigenvalue weighted by atomic mass is 10.1. The normalized spacial score (nSPS) is 11.6. The number of nitrogens with zero attached hydrogens (tertiary/aromatic N) is 4. The molecule has 0 bridgehead atoms. The van der Waals surface area contributed by atoms with Gasteiger partial charge in [0.2, 0.25) is 10.0 Å². The van der Waals surface area contributed by atoms with Crippen LogP contribution in [0.25, 0.3) is 33.4 Å². The summed E-state index contributed by atoms with van der Waals surface area (Å²) < 4.78 is 23.1. The molecule has 4 aromatic rings. The van der Waals surface area contributed by atoms with Crippen molar-refractivity contribution in [3.05, 3.63) is 67.4 Å². The van der Waals surface area contributed by atoms with Crippen LogP contribution in [0.4, 0.5) is 0 Å². The van der Waals surface area contributed by atoms with Crippen LogP contribution >= 0.6 is 0 Å². The van der Waals surface area contributed by atoms with Gasteiger partial charge < -0.3 is 0 Å². The van der Waals surface area contributed by atoms with Gasteiger partial charge in [-0.25, -0.2) is 18.5 Å². The van der Waals surface area contributed by atoms with E-state index in [9.17, 15) is 8.42 Å². The van der Waals surface area contributed by atoms with E-state index in [-0.39, 0.29) is 4.90 Å². The van der Waals surface area contributed by atoms with Gasteiger partial charge in [-0.15, -0.1) is 0 Å². The first-order valence-electron chi connectivity index (χ1n) is 7.66. The molecule has 3 aromatic heterocycles. The Morgan fingerprint density at radius 3 is 2.42 bits per heavy atom. The number of benzene rings is 1. The molecule has 7 nitrogen and oxygen atoms in total. The van der Waals surface area contributed by atoms with Gasteiger partial charge >= 0.3 is 0 Å². The lowest BCUT2D eigenvalue weighted by molar-refractivity contribution is 0.597. The molecule has 8 heteroatoms. The summed E-state index contributed by atoms with van der Waals surface area (Å²) in [6.07, 6.45) is 7.91. The molecule has 0 saturated carbocycles. The zero-order valence-electron chi connectivity index (χ0n) is 13.4. The van der Waals surface area contributed by atoms with Gasteiger partial charge in [-0.3, -0.25) is 15.0 Å². The highest BCUT2D eigenvalue weighted by atomic mass is 32.2. The maximum Gasteiger partial charge on any atom is 0.239 e. The van der Waals surface area contributed by atoms with Crippen LogP contribution in [-0.2, 0) is 10.0 Å². The van der Waals surface area contributed by atoms with E-state index in [2.05, 4.69) is 19.9 Å². The summed E-state index contributed by atoms with van der Waals surface area (Å²) in [4.78, 5) is 17.1. The third-order valence-electron chi connectivity index (χ3n) is 3.87. The fraction of sp³-hybridized carbons (Fsp3) is 0. The molecule has 3 heterocycles. The highest BCUT2D eigenvalue weighted by Gasteiger charge is 2.11. The van der Waals surface area contributed by atoms with Gasteiger partial charge in [0.25, 0.3) is 0 Å². The second-order valence-corrected chi connectivity index (χ2v) is 7.22. The standard InChI is InChI=1S/C18H13N5O2S/c19-26(24,25)15-6-14(9-21-10-15)12-3-4-16-17(7-12)23-18(11-22-16)13-2-1-5-20-8-13/h1-11H,(H2,19,24,25). The van der Waals surface area contributed by atoms with Gasteiger partial charge in [-0.1, -0.05) is 6.07 Å². The zero-order valence-corrected chi connectivity index (χ0v) is 14.3. The van der Waals surface area contributed by atoms with Gasteiger partial charge in [-0.05, 0) is 35.9 Å². The molecule has 0 radical (unpaired) electrons. The van der Waals surface area contributed by atoms with Crippen molar-refractivity contribution in [2.24, 2.45) is 5.14 Å². The van der Waals surface area contributed by atoms with E-state index in [0.29, 0.717) is 16.8 Å². The average molecular weight is 363 g/mol. The molecule has 1 aromatic carbocycles. The van der Waals surface area contributed by atoms with Crippen LogP contribution in [0.5, 0.6) is 0 Å². The lowest BCUT2D eigenvalue weighted by Crippen LogP contribution is -2.12. The molecule has 0 fully saturated rings. The lowest BCUT2D eigenvalue weighted by Gasteiger charge is -2.06. The summed E-state index contributed by atoms with van der Waals surface area (Å²) in [5, 5.41) is 5.18. The first-order chi connectivity index (χ1) is 12.5. The first kappa shape index (κ1) is 16.2. The fourth-order valence-electron chi connectivity index (χ4n) is 2.58. The van der Waals surface area contributed by atoms with E-state index in [0.717, 1.165) is 16.6 Å². The van der Waals surface area contributed by atoms with Crippen molar-refractivity contribution < 1.29 is 8.42 Å². The average Bonchev–Trinajstić information content (AvgIpc) is 2.67. The number of fused-ring (bicyclic) bond motifs is 1. The number of primary sulfonamides is 1. The van der Waals surface area contributed by atoms with E-state index in [1.165, 1.54) is 12.3 Å². The quantitative estimate of drug-likeness (QED) is 0.598. The Morgan fingerprint density at radius 1 is 0.808 bits per heavy atom. The van der Waals surface area contributed by atoms with Gasteiger partial charge in [-0.2, -0.15) is 0 Å². The SMILES string of the molecule is NS(=O)(=O)c1cncc(-c2ccc3ncc(-c4cccnc4)nc3c2)c1. The highest BCUT2D eigenvalue weighted by Crippen LogP contribution is 2.25. The van der Waals surface area contributed by atoms with Crippen LogP contribution in [0.3, 0.4) is 0 Å². The molecule has 0 saturated heterocycles. The number of aromatic nitrogens is 4. The third-order valence-corrected chi connectivity index (χ3v) is 4.75. The number of nitrogens with two attached hydrogens (primary N) is 1. The molecular formula is C18H13N5O2S. The number of rotatable bonds is 3. The summed E-state index contributed by atoms with van der Waals surface area (Å²) in [6.45, 7) is 0. The van der Waals surface area contributed by atoms with Crippen molar-refractivity contribution in [1.82, 2.24) is 19.9 Å². The minimum atomic E-state index is -3.82. The zero-order chi connectivity index (χ0) is 18.1. The topological polar surface area (TPSA) is 112 Å². The molecule has 0 aliphatic heterocycles. The monoisotopic (exact) mass is 363 g/mol. The molecule has 128 valence electrons. The Kier molecular flexibility index (Phi) is 3.90. The Hall–Kier alpha value is -3.23. The number of hydrogen-bond acceptors (Lipinski definition) is 6. The van der Waals surface area contributed by atoms with Crippen LogP contribution in [0.2, 0.25) is 0 Å². The fourth-order valence-corrected chi connectivity index (χ4v) is 3.08. The second-order valence-electron chi connectivity index (χ2n) is 5.65. The largest absolute Gasteiger partial charge is 0.264 e. The molecule has 0 aliphatic rings. The van der Waals surface area contributed by atoms with Crippen molar-refractivity contribution in [2.75, 3.05) is 0 Å². The van der Waals surface area contributed by atoms with Crippen molar-refractivity contribution in [3.63, 3.8) is 0 Å². The van der Waals surface area contributed by atoms with E-state index < -0.39 is 10.0 Å². The van der Waals surface area contributed by atoms with Crippen LogP contribution in [-0.4, -0.2) is 28.4 Å². The summed E-state index contributed by atoms with van der Waals surface area (Å²) in [5.41, 5.74) is 4.39. The van der Waals surface area contributed by atoms with Gasteiger partial charge in [0.15, 0.2) is 0 Å². The van der Waals surface area contributed by atoms with Crippen LogP contribution in [0.15, 0.2) is 72.3 Å². The molecule has 26 heavy (non-hydrogen) atoms. The number of pyridine rings is 2. The van der Waals surface area contributed by atoms with Crippen LogP contribution in [0.1, 0.15) is 0 Å². The number of hydrogen-bond donors (Lipinski definition) is 1. The van der Waals surface area contributed by atoms with Gasteiger partial charge in [0.05, 0.1) is 22.9 Å². The van der Waals surface area contributed by atoms with Crippen molar-refractivity contribution in [3.8, 4) is 22.4 Å². The Balaban J connectivity index is 1.82. The minimum Gasteiger partial charge on any atom is -0.264 e. The highest BCUT2D eigenvalue weighted by molar-refractivity contribution is 7.89. The van der Waals surface area contributed by atoms with Crippen LogP contribution in [0, 0.1) is 0 Å². The van der Waals surface area contributed by atoms with Gasteiger partial charge in [0, 0.05) is 35.9 Å². The van der Waals surface area contributed by atoms with E-state index >= 15 is 0 Å². The second kappa shape index (κ2) is 6.25. The van der Waals surface area contributed by atoms with E-state index in [4.69, 9.17) is 5.14 Å². The van der Waals surface area contributed by atoms with E-state index in [1.54, 1.807) is 24.8 Å². The van der Waals surface area contributed by atoms with Crippen molar-refractivity contribution in [1.29, 1.82) is 0 Å². The molecule has 2 N–H and O–H groups in total. The first-order valence-corrected chi connectivity index (χ1v) is 9.21. The maximum absolute atomic E-state index is 11.5. The molecule has 0 atom stereocenters. The summed E-state index contributed by atoms with van der Waals surface area (Å²) in [5.74, 6) is 0. The predicted octanol–water partition coefficient (Wildman–Crippen LogP) is 2.40. The smallest absolute Gasteiger partial charge is 0.239 e. The molecular weight excluding hydrogens is 350 g/mol. The van der Waals surface area contributed by atoms with Crippen molar-refractivity contribution in [2.45, 2.75) is 4.90 Å². The van der Waals surface area contributed by atoms with Crippen LogP contribution < -0.4 is 5.14 Å². The molecule has 4 rings (SSSR count). The third kappa shape index (κ3) is 3.15. The Morgan fingerprint density at radius 2 is 1.65 bits per heavy atom. The predicted molar refractivity (Wildman–Crippen MR) is 97.4 cm³/mol. The van der Waals surface area contributed by atoms with Crippen molar-refractivity contribution >= 4 is 21.1 Å². The Bertz CT molecular complexity index is 1210. The van der Waals surface area contributed by atoms with Gasteiger partial charge in [0.1, 0.15) is 4.90 Å². The summed E-state index contributed by atoms with van der Waals surface area (Å²) in [6, 6.07) is 10.7. The molecule has 0 unspecified atom stereocenters. The summed E-state index contributed by atoms with van der Waals surface area (Å²) >= 11 is 0. The number of sulfonamides is 1. The summed E-state index contributed by atoms with van der Waals surface area (Å²) in [7, 11) is -3.82. The maximum atomic E-state index is 11.5. The molecule has 0 aliphatic carbocycles. The minimum absolute atomic E-state index is 0.0368. The van der Waals surface area contributed by atoms with E-state index in [1.807, 2.05) is 30.3 Å². The Labute approximate surface area is 149 Å². The molecule has 0 amide bonds. The molecule has 0 spiro atoms.